The van der Waals surface area contributed by atoms with Crippen molar-refractivity contribution in [3.63, 3.8) is 0 Å². The van der Waals surface area contributed by atoms with Gasteiger partial charge in [-0.05, 0) is 66.4 Å². The van der Waals surface area contributed by atoms with Crippen LogP contribution in [0, 0.1) is 5.92 Å². The molecule has 6 nitrogen and oxygen atoms in total. The minimum absolute atomic E-state index is 0.409. The van der Waals surface area contributed by atoms with Gasteiger partial charge in [0.05, 0.1) is 12.8 Å². The monoisotopic (exact) mass is 387 g/mol. The average molecular weight is 388 g/mol. The van der Waals surface area contributed by atoms with Crippen LogP contribution in [0.5, 0.6) is 5.75 Å². The predicted molar refractivity (Wildman–Crippen MR) is 107 cm³/mol. The van der Waals surface area contributed by atoms with Crippen molar-refractivity contribution in [1.82, 2.24) is 10.2 Å². The summed E-state index contributed by atoms with van der Waals surface area (Å²) in [5.41, 5.74) is 1.85. The van der Waals surface area contributed by atoms with Crippen molar-refractivity contribution in [3.05, 3.63) is 46.7 Å². The number of methoxy groups -OCH3 is 1. The van der Waals surface area contributed by atoms with Gasteiger partial charge in [-0.3, -0.25) is 14.5 Å². The SMILES string of the molecule is COc1ccccc1NC(=O)C(=O)NCC1CCN(Cc2ccsc2)CC1. The first-order valence-electron chi connectivity index (χ1n) is 9.11. The summed E-state index contributed by atoms with van der Waals surface area (Å²) in [5, 5.41) is 9.65. The zero-order valence-electron chi connectivity index (χ0n) is 15.4. The molecule has 0 unspecified atom stereocenters. The third kappa shape index (κ3) is 5.55. The van der Waals surface area contributed by atoms with E-state index in [0.717, 1.165) is 32.5 Å². The summed E-state index contributed by atoms with van der Waals surface area (Å²) in [4.78, 5) is 26.6. The maximum Gasteiger partial charge on any atom is 0.313 e. The lowest BCUT2D eigenvalue weighted by atomic mass is 9.96. The molecular weight excluding hydrogens is 362 g/mol. The van der Waals surface area contributed by atoms with Gasteiger partial charge in [0.15, 0.2) is 0 Å². The molecule has 1 aromatic carbocycles. The number of carbonyl (C=O) groups is 2. The summed E-state index contributed by atoms with van der Waals surface area (Å²) < 4.78 is 5.18. The van der Waals surface area contributed by atoms with Gasteiger partial charge in [0, 0.05) is 13.1 Å². The first kappa shape index (κ1) is 19.4. The predicted octanol–water partition coefficient (Wildman–Crippen LogP) is 2.72. The minimum Gasteiger partial charge on any atom is -0.495 e. The van der Waals surface area contributed by atoms with Crippen LogP contribution >= 0.6 is 11.3 Å². The number of benzene rings is 1. The van der Waals surface area contributed by atoms with Gasteiger partial charge in [0.1, 0.15) is 5.75 Å². The van der Waals surface area contributed by atoms with Gasteiger partial charge >= 0.3 is 11.8 Å². The average Bonchev–Trinajstić information content (AvgIpc) is 3.20. The fourth-order valence-electron chi connectivity index (χ4n) is 3.23. The molecule has 3 rings (SSSR count). The van der Waals surface area contributed by atoms with E-state index in [4.69, 9.17) is 4.74 Å². The highest BCUT2D eigenvalue weighted by Gasteiger charge is 2.22. The first-order chi connectivity index (χ1) is 13.2. The number of rotatable bonds is 6. The third-order valence-electron chi connectivity index (χ3n) is 4.81. The first-order valence-corrected chi connectivity index (χ1v) is 10.1. The van der Waals surface area contributed by atoms with Gasteiger partial charge in [-0.1, -0.05) is 12.1 Å². The van der Waals surface area contributed by atoms with Crippen molar-refractivity contribution in [1.29, 1.82) is 0 Å². The highest BCUT2D eigenvalue weighted by Crippen LogP contribution is 2.23. The molecule has 0 aliphatic carbocycles. The van der Waals surface area contributed by atoms with Crippen molar-refractivity contribution >= 4 is 28.8 Å². The summed E-state index contributed by atoms with van der Waals surface area (Å²) in [6, 6.07) is 9.18. The molecule has 2 heterocycles. The quantitative estimate of drug-likeness (QED) is 0.748. The van der Waals surface area contributed by atoms with Crippen LogP contribution in [0.1, 0.15) is 18.4 Å². The Morgan fingerprint density at radius 2 is 1.96 bits per heavy atom. The maximum absolute atomic E-state index is 12.1. The number of amides is 2. The number of piperidine rings is 1. The maximum atomic E-state index is 12.1. The Balaban J connectivity index is 1.39. The summed E-state index contributed by atoms with van der Waals surface area (Å²) in [7, 11) is 1.52. The lowest BCUT2D eigenvalue weighted by Crippen LogP contribution is -2.41. The Hall–Kier alpha value is -2.38. The second kappa shape index (κ2) is 9.53. The normalized spacial score (nSPS) is 15.3. The van der Waals surface area contributed by atoms with Crippen molar-refractivity contribution in [2.24, 2.45) is 5.92 Å². The molecule has 1 aromatic heterocycles. The van der Waals surface area contributed by atoms with E-state index in [-0.39, 0.29) is 0 Å². The Morgan fingerprint density at radius 1 is 1.19 bits per heavy atom. The number of hydrogen-bond donors (Lipinski definition) is 2. The van der Waals surface area contributed by atoms with E-state index in [1.54, 1.807) is 35.6 Å². The van der Waals surface area contributed by atoms with Gasteiger partial charge in [0.25, 0.3) is 0 Å². The van der Waals surface area contributed by atoms with Crippen LogP contribution in [0.3, 0.4) is 0 Å². The number of ether oxygens (including phenoxy) is 1. The molecule has 0 saturated carbocycles. The van der Waals surface area contributed by atoms with Crippen molar-refractivity contribution in [2.75, 3.05) is 32.1 Å². The van der Waals surface area contributed by atoms with Crippen molar-refractivity contribution in [2.45, 2.75) is 19.4 Å². The summed E-state index contributed by atoms with van der Waals surface area (Å²) >= 11 is 1.73. The van der Waals surface area contributed by atoms with E-state index in [9.17, 15) is 9.59 Å². The zero-order valence-corrected chi connectivity index (χ0v) is 16.3. The van der Waals surface area contributed by atoms with Crippen LogP contribution in [0.15, 0.2) is 41.1 Å². The molecule has 0 spiro atoms. The lowest BCUT2D eigenvalue weighted by Gasteiger charge is -2.31. The smallest absolute Gasteiger partial charge is 0.313 e. The van der Waals surface area contributed by atoms with E-state index in [2.05, 4.69) is 32.4 Å². The van der Waals surface area contributed by atoms with Crippen molar-refractivity contribution in [3.8, 4) is 5.75 Å². The molecule has 0 atom stereocenters. The largest absolute Gasteiger partial charge is 0.495 e. The number of para-hydroxylation sites is 2. The van der Waals surface area contributed by atoms with Gasteiger partial charge in [0.2, 0.25) is 0 Å². The Labute approximate surface area is 163 Å². The number of carbonyl (C=O) groups excluding carboxylic acids is 2. The summed E-state index contributed by atoms with van der Waals surface area (Å²) in [6.45, 7) is 3.56. The fourth-order valence-corrected chi connectivity index (χ4v) is 3.89. The van der Waals surface area contributed by atoms with Gasteiger partial charge in [-0.15, -0.1) is 0 Å². The molecule has 144 valence electrons. The minimum atomic E-state index is -0.672. The van der Waals surface area contributed by atoms with Crippen LogP contribution in [0.2, 0.25) is 0 Å². The number of hydrogen-bond acceptors (Lipinski definition) is 5. The highest BCUT2D eigenvalue weighted by atomic mass is 32.1. The number of likely N-dealkylation sites (tertiary alicyclic amines) is 1. The van der Waals surface area contributed by atoms with E-state index < -0.39 is 11.8 Å². The summed E-state index contributed by atoms with van der Waals surface area (Å²) in [5.74, 6) is -0.348. The molecule has 7 heteroatoms. The molecule has 0 radical (unpaired) electrons. The molecule has 0 bridgehead atoms. The fraction of sp³-hybridized carbons (Fsp3) is 0.400. The second-order valence-corrected chi connectivity index (χ2v) is 7.50. The van der Waals surface area contributed by atoms with E-state index in [1.165, 1.54) is 12.7 Å². The molecule has 1 aliphatic heterocycles. The molecule has 1 aliphatic rings. The Bertz CT molecular complexity index is 756. The van der Waals surface area contributed by atoms with Gasteiger partial charge < -0.3 is 15.4 Å². The van der Waals surface area contributed by atoms with Crippen LogP contribution in [-0.2, 0) is 16.1 Å². The highest BCUT2D eigenvalue weighted by molar-refractivity contribution is 7.07. The molecular formula is C20H25N3O3S. The second-order valence-electron chi connectivity index (χ2n) is 6.72. The number of nitrogens with one attached hydrogen (secondary N) is 2. The molecule has 1 saturated heterocycles. The lowest BCUT2D eigenvalue weighted by molar-refractivity contribution is -0.136. The number of nitrogens with zero attached hydrogens (tertiary/aromatic N) is 1. The van der Waals surface area contributed by atoms with Crippen LogP contribution in [0.25, 0.3) is 0 Å². The van der Waals surface area contributed by atoms with Gasteiger partial charge in [-0.25, -0.2) is 0 Å². The number of thiophene rings is 1. The molecule has 2 aromatic rings. The molecule has 2 N–H and O–H groups in total. The Kier molecular flexibility index (Phi) is 6.84. The van der Waals surface area contributed by atoms with E-state index in [1.807, 2.05) is 0 Å². The van der Waals surface area contributed by atoms with E-state index in [0.29, 0.717) is 23.9 Å². The summed E-state index contributed by atoms with van der Waals surface area (Å²) in [6.07, 6.45) is 2.05. The molecule has 2 amide bonds. The van der Waals surface area contributed by atoms with Crippen molar-refractivity contribution < 1.29 is 14.3 Å². The van der Waals surface area contributed by atoms with Crippen LogP contribution in [-0.4, -0.2) is 43.5 Å². The Morgan fingerprint density at radius 3 is 2.67 bits per heavy atom. The number of anilines is 1. The standard InChI is InChI=1S/C20H25N3O3S/c1-26-18-5-3-2-4-17(18)22-20(25)19(24)21-12-15-6-9-23(10-7-15)13-16-8-11-27-14-16/h2-5,8,11,14-15H,6-7,9-10,12-13H2,1H3,(H,21,24)(H,22,25). The topological polar surface area (TPSA) is 70.7 Å². The third-order valence-corrected chi connectivity index (χ3v) is 5.54. The van der Waals surface area contributed by atoms with Gasteiger partial charge in [-0.2, -0.15) is 11.3 Å². The molecule has 27 heavy (non-hydrogen) atoms. The van der Waals surface area contributed by atoms with Crippen LogP contribution < -0.4 is 15.4 Å². The molecule has 1 fully saturated rings. The van der Waals surface area contributed by atoms with E-state index >= 15 is 0 Å². The van der Waals surface area contributed by atoms with Crippen LogP contribution in [0.4, 0.5) is 5.69 Å². The zero-order chi connectivity index (χ0) is 19.1.